The average Bonchev–Trinajstić information content (AvgIpc) is 2.45. The molecule has 0 spiro atoms. The molecule has 1 atom stereocenters. The second-order valence-electron chi connectivity index (χ2n) is 5.98. The fourth-order valence-electron chi connectivity index (χ4n) is 2.83. The number of methoxy groups -OCH3 is 1. The number of amides is 1. The third-order valence-electron chi connectivity index (χ3n) is 4.28. The molecule has 0 heterocycles. The minimum atomic E-state index is -0.719. The molecule has 1 aliphatic rings. The van der Waals surface area contributed by atoms with Crippen molar-refractivity contribution in [1.82, 2.24) is 10.6 Å². The molecule has 0 bridgehead atoms. The Labute approximate surface area is 126 Å². The zero-order valence-electron chi connectivity index (χ0n) is 13.3. The first-order valence-electron chi connectivity index (χ1n) is 7.68. The third-order valence-corrected chi connectivity index (χ3v) is 4.28. The van der Waals surface area contributed by atoms with Gasteiger partial charge < -0.3 is 20.5 Å². The summed E-state index contributed by atoms with van der Waals surface area (Å²) in [5.41, 5.74) is -0.706. The zero-order chi connectivity index (χ0) is 15.9. The van der Waals surface area contributed by atoms with E-state index in [0.29, 0.717) is 12.5 Å². The number of carbonyl (C=O) groups excluding carboxylic acids is 2. The van der Waals surface area contributed by atoms with Crippen LogP contribution in [0.15, 0.2) is 0 Å². The number of rotatable bonds is 7. The quantitative estimate of drug-likeness (QED) is 0.599. The minimum Gasteiger partial charge on any atom is -0.467 e. The molecule has 21 heavy (non-hydrogen) atoms. The van der Waals surface area contributed by atoms with E-state index in [4.69, 9.17) is 0 Å². The first-order valence-corrected chi connectivity index (χ1v) is 7.68. The van der Waals surface area contributed by atoms with Crippen LogP contribution in [-0.4, -0.2) is 48.8 Å². The van der Waals surface area contributed by atoms with Crippen molar-refractivity contribution in [3.05, 3.63) is 0 Å². The molecule has 1 fully saturated rings. The summed E-state index contributed by atoms with van der Waals surface area (Å²) in [5.74, 6) is -0.0544. The van der Waals surface area contributed by atoms with E-state index >= 15 is 0 Å². The summed E-state index contributed by atoms with van der Waals surface area (Å²) in [4.78, 5) is 22.6. The van der Waals surface area contributed by atoms with Crippen LogP contribution in [0, 0.1) is 5.92 Å². The number of hydrogen-bond acceptors (Lipinski definition) is 5. The maximum atomic E-state index is 11.6. The number of ether oxygens (including phenoxy) is 1. The van der Waals surface area contributed by atoms with Crippen LogP contribution in [-0.2, 0) is 14.3 Å². The summed E-state index contributed by atoms with van der Waals surface area (Å²) in [6, 6.07) is -0.719. The Bertz CT molecular complexity index is 352. The van der Waals surface area contributed by atoms with E-state index < -0.39 is 17.6 Å². The second-order valence-corrected chi connectivity index (χ2v) is 5.98. The molecule has 1 unspecified atom stereocenters. The van der Waals surface area contributed by atoms with Crippen molar-refractivity contribution in [1.29, 1.82) is 0 Å². The number of aliphatic hydroxyl groups is 1. The van der Waals surface area contributed by atoms with Crippen LogP contribution in [0.2, 0.25) is 0 Å². The van der Waals surface area contributed by atoms with E-state index in [2.05, 4.69) is 22.3 Å². The van der Waals surface area contributed by atoms with Crippen molar-refractivity contribution in [2.45, 2.75) is 57.6 Å². The van der Waals surface area contributed by atoms with Crippen molar-refractivity contribution >= 4 is 11.9 Å². The molecule has 0 aromatic carbocycles. The van der Waals surface area contributed by atoms with Crippen LogP contribution in [0.3, 0.4) is 0 Å². The molecule has 1 saturated carbocycles. The Balaban J connectivity index is 2.39. The van der Waals surface area contributed by atoms with E-state index in [0.717, 1.165) is 32.1 Å². The van der Waals surface area contributed by atoms with Gasteiger partial charge in [0, 0.05) is 20.0 Å². The summed E-state index contributed by atoms with van der Waals surface area (Å²) >= 11 is 0. The van der Waals surface area contributed by atoms with Gasteiger partial charge in [0.1, 0.15) is 6.04 Å². The first-order chi connectivity index (χ1) is 9.90. The van der Waals surface area contributed by atoms with Gasteiger partial charge in [-0.15, -0.1) is 0 Å². The van der Waals surface area contributed by atoms with E-state index in [1.807, 2.05) is 0 Å². The Morgan fingerprint density at radius 2 is 2.00 bits per heavy atom. The van der Waals surface area contributed by atoms with Gasteiger partial charge in [0.25, 0.3) is 0 Å². The van der Waals surface area contributed by atoms with Crippen molar-refractivity contribution < 1.29 is 19.4 Å². The normalized spacial score (nSPS) is 27.0. The van der Waals surface area contributed by atoms with Crippen LogP contribution in [0.1, 0.15) is 46.0 Å². The highest BCUT2D eigenvalue weighted by atomic mass is 16.5. The van der Waals surface area contributed by atoms with E-state index in [9.17, 15) is 14.7 Å². The lowest BCUT2D eigenvalue weighted by Crippen LogP contribution is -2.51. The maximum absolute atomic E-state index is 11.6. The molecular formula is C15H28N2O4. The molecule has 0 saturated heterocycles. The topological polar surface area (TPSA) is 87.7 Å². The Hall–Kier alpha value is -1.14. The third kappa shape index (κ3) is 6.01. The van der Waals surface area contributed by atoms with Gasteiger partial charge in [-0.25, -0.2) is 4.79 Å². The molecule has 1 rings (SSSR count). The number of esters is 1. The first kappa shape index (κ1) is 17.9. The van der Waals surface area contributed by atoms with Crippen LogP contribution < -0.4 is 10.6 Å². The summed E-state index contributed by atoms with van der Waals surface area (Å²) < 4.78 is 4.65. The highest BCUT2D eigenvalue weighted by Gasteiger charge is 2.32. The van der Waals surface area contributed by atoms with Gasteiger partial charge >= 0.3 is 5.97 Å². The SMILES string of the molecule is CCC1CCC(O)(CNCC(NC(C)=O)C(=O)OC)CC1. The molecule has 1 aliphatic carbocycles. The summed E-state index contributed by atoms with van der Waals surface area (Å²) in [5, 5.41) is 16.1. The van der Waals surface area contributed by atoms with Gasteiger partial charge in [-0.1, -0.05) is 13.3 Å². The molecule has 6 nitrogen and oxygen atoms in total. The Kier molecular flexibility index (Phi) is 7.11. The fraction of sp³-hybridized carbons (Fsp3) is 0.867. The minimum absolute atomic E-state index is 0.256. The van der Waals surface area contributed by atoms with Crippen molar-refractivity contribution in [2.24, 2.45) is 5.92 Å². The number of carbonyl (C=O) groups is 2. The standard InChI is InChI=1S/C15H28N2O4/c1-4-12-5-7-15(20,8-6-12)10-16-9-13(14(19)21-3)17-11(2)18/h12-13,16,20H,4-10H2,1-3H3,(H,17,18). The predicted octanol–water partition coefficient (Wildman–Crippen LogP) is 0.585. The lowest BCUT2D eigenvalue weighted by Gasteiger charge is -2.36. The monoisotopic (exact) mass is 300 g/mol. The van der Waals surface area contributed by atoms with Crippen LogP contribution in [0.5, 0.6) is 0 Å². The Morgan fingerprint density at radius 3 is 2.48 bits per heavy atom. The predicted molar refractivity (Wildman–Crippen MR) is 79.7 cm³/mol. The molecule has 0 radical (unpaired) electrons. The van der Waals surface area contributed by atoms with Crippen LogP contribution in [0.25, 0.3) is 0 Å². The van der Waals surface area contributed by atoms with Gasteiger partial charge in [-0.05, 0) is 31.6 Å². The van der Waals surface area contributed by atoms with Gasteiger partial charge in [0.05, 0.1) is 12.7 Å². The van der Waals surface area contributed by atoms with Gasteiger partial charge in [0.2, 0.25) is 5.91 Å². The van der Waals surface area contributed by atoms with Gasteiger partial charge in [0.15, 0.2) is 0 Å². The second kappa shape index (κ2) is 8.34. The highest BCUT2D eigenvalue weighted by molar-refractivity contribution is 5.83. The molecule has 0 aromatic heterocycles. The van der Waals surface area contributed by atoms with E-state index in [-0.39, 0.29) is 12.5 Å². The van der Waals surface area contributed by atoms with Crippen molar-refractivity contribution in [3.63, 3.8) is 0 Å². The number of hydrogen-bond donors (Lipinski definition) is 3. The highest BCUT2D eigenvalue weighted by Crippen LogP contribution is 2.33. The maximum Gasteiger partial charge on any atom is 0.329 e. The molecular weight excluding hydrogens is 272 g/mol. The molecule has 6 heteroatoms. The molecule has 0 aromatic rings. The van der Waals surface area contributed by atoms with E-state index in [1.165, 1.54) is 14.0 Å². The zero-order valence-corrected chi connectivity index (χ0v) is 13.3. The molecule has 0 aliphatic heterocycles. The van der Waals surface area contributed by atoms with Crippen molar-refractivity contribution in [3.8, 4) is 0 Å². The number of nitrogens with one attached hydrogen (secondary N) is 2. The molecule has 122 valence electrons. The average molecular weight is 300 g/mol. The fourth-order valence-corrected chi connectivity index (χ4v) is 2.83. The van der Waals surface area contributed by atoms with Crippen LogP contribution >= 0.6 is 0 Å². The van der Waals surface area contributed by atoms with E-state index in [1.54, 1.807) is 0 Å². The van der Waals surface area contributed by atoms with Gasteiger partial charge in [-0.2, -0.15) is 0 Å². The smallest absolute Gasteiger partial charge is 0.329 e. The summed E-state index contributed by atoms with van der Waals surface area (Å²) in [6.07, 6.45) is 4.81. The summed E-state index contributed by atoms with van der Waals surface area (Å²) in [7, 11) is 1.29. The Morgan fingerprint density at radius 1 is 1.38 bits per heavy atom. The van der Waals surface area contributed by atoms with Crippen molar-refractivity contribution in [2.75, 3.05) is 20.2 Å². The molecule has 1 amide bonds. The van der Waals surface area contributed by atoms with Crippen LogP contribution in [0.4, 0.5) is 0 Å². The van der Waals surface area contributed by atoms with Gasteiger partial charge in [-0.3, -0.25) is 4.79 Å². The lowest BCUT2D eigenvalue weighted by atomic mass is 9.78. The largest absolute Gasteiger partial charge is 0.467 e. The lowest BCUT2D eigenvalue weighted by molar-refractivity contribution is -0.144. The molecule has 3 N–H and O–H groups in total. The summed E-state index contributed by atoms with van der Waals surface area (Å²) in [6.45, 7) is 4.22.